The molecule has 1 fully saturated rings. The summed E-state index contributed by atoms with van der Waals surface area (Å²) in [6, 6.07) is 5.15. The molecule has 0 atom stereocenters. The molecule has 1 aliphatic heterocycles. The van der Waals surface area contributed by atoms with Gasteiger partial charge in [-0.05, 0) is 38.2 Å². The molecule has 1 saturated heterocycles. The molecule has 3 N–H and O–H groups in total. The molecule has 1 aromatic carbocycles. The summed E-state index contributed by atoms with van der Waals surface area (Å²) in [5, 5.41) is 11.0. The van der Waals surface area contributed by atoms with E-state index in [9.17, 15) is 10.1 Å². The highest BCUT2D eigenvalue weighted by molar-refractivity contribution is 5.61. The van der Waals surface area contributed by atoms with E-state index in [1.54, 1.807) is 12.1 Å². The maximum atomic E-state index is 11.0. The largest absolute Gasteiger partial charge is 0.318 e. The fourth-order valence-corrected chi connectivity index (χ4v) is 2.46. The molecule has 2 rings (SSSR count). The molecule has 7 nitrogen and oxygen atoms in total. The minimum absolute atomic E-state index is 0.0249. The van der Waals surface area contributed by atoms with Crippen LogP contribution in [0.4, 0.5) is 11.4 Å². The van der Waals surface area contributed by atoms with Gasteiger partial charge in [0, 0.05) is 25.7 Å². The van der Waals surface area contributed by atoms with Crippen molar-refractivity contribution in [1.29, 1.82) is 0 Å². The third-order valence-corrected chi connectivity index (χ3v) is 3.63. The summed E-state index contributed by atoms with van der Waals surface area (Å²) in [5.74, 6) is 5.29. The number of nitro groups is 1. The van der Waals surface area contributed by atoms with Crippen molar-refractivity contribution in [2.24, 2.45) is 5.84 Å². The quantitative estimate of drug-likeness (QED) is 0.486. The molecule has 7 heteroatoms. The molecule has 0 unspecified atom stereocenters. The number of nitrogens with zero attached hydrogens (tertiary/aromatic N) is 3. The lowest BCUT2D eigenvalue weighted by Crippen LogP contribution is -2.28. The number of hydrogen-bond donors (Lipinski definition) is 2. The number of nitrogen functional groups attached to an aromatic ring is 1. The fourth-order valence-electron chi connectivity index (χ4n) is 2.46. The van der Waals surface area contributed by atoms with Gasteiger partial charge in [0.2, 0.25) is 0 Å². The van der Waals surface area contributed by atoms with Gasteiger partial charge in [-0.25, -0.2) is 0 Å². The van der Waals surface area contributed by atoms with Crippen molar-refractivity contribution in [3.8, 4) is 0 Å². The number of nitrogens with one attached hydrogen (secondary N) is 1. The minimum Gasteiger partial charge on any atom is -0.318 e. The van der Waals surface area contributed by atoms with E-state index in [1.807, 2.05) is 6.07 Å². The van der Waals surface area contributed by atoms with Gasteiger partial charge in [-0.15, -0.1) is 0 Å². The Bertz CT molecular complexity index is 480. The number of hydrogen-bond acceptors (Lipinski definition) is 6. The summed E-state index contributed by atoms with van der Waals surface area (Å²) in [6.45, 7) is 4.88. The van der Waals surface area contributed by atoms with Gasteiger partial charge in [0.05, 0.1) is 4.92 Å². The number of likely N-dealkylation sites (N-methyl/N-ethyl adjacent to an activating group) is 1. The summed E-state index contributed by atoms with van der Waals surface area (Å²) in [7, 11) is 2.12. The van der Waals surface area contributed by atoms with Crippen LogP contribution in [0.25, 0.3) is 0 Å². The lowest BCUT2D eigenvalue weighted by atomic mass is 10.1. The highest BCUT2D eigenvalue weighted by atomic mass is 16.6. The maximum absolute atomic E-state index is 11.0. The number of hydrazine groups is 1. The molecule has 20 heavy (non-hydrogen) atoms. The van der Waals surface area contributed by atoms with Crippen molar-refractivity contribution in [2.45, 2.75) is 13.0 Å². The number of rotatable bonds is 4. The Hall–Kier alpha value is -1.70. The Labute approximate surface area is 118 Å². The first-order chi connectivity index (χ1) is 9.60. The molecule has 0 spiro atoms. The van der Waals surface area contributed by atoms with Gasteiger partial charge in [-0.1, -0.05) is 6.07 Å². The van der Waals surface area contributed by atoms with E-state index in [-0.39, 0.29) is 5.69 Å². The molecule has 1 aliphatic rings. The first kappa shape index (κ1) is 14.7. The van der Waals surface area contributed by atoms with E-state index in [1.165, 1.54) is 0 Å². The van der Waals surface area contributed by atoms with Crippen molar-refractivity contribution in [1.82, 2.24) is 9.80 Å². The van der Waals surface area contributed by atoms with Crippen molar-refractivity contribution in [3.63, 3.8) is 0 Å². The smallest absolute Gasteiger partial charge is 0.293 e. The van der Waals surface area contributed by atoms with Crippen molar-refractivity contribution in [2.75, 3.05) is 38.7 Å². The van der Waals surface area contributed by atoms with E-state index < -0.39 is 4.92 Å². The van der Waals surface area contributed by atoms with Gasteiger partial charge in [-0.2, -0.15) is 0 Å². The summed E-state index contributed by atoms with van der Waals surface area (Å²) in [5.41, 5.74) is 3.67. The van der Waals surface area contributed by atoms with Crippen LogP contribution in [0.5, 0.6) is 0 Å². The third kappa shape index (κ3) is 3.66. The minimum atomic E-state index is -0.408. The average Bonchev–Trinajstić information content (AvgIpc) is 2.63. The molecular weight excluding hydrogens is 258 g/mol. The van der Waals surface area contributed by atoms with E-state index in [0.717, 1.165) is 44.7 Å². The molecule has 0 saturated carbocycles. The van der Waals surface area contributed by atoms with Crippen LogP contribution in [0.15, 0.2) is 18.2 Å². The zero-order valence-corrected chi connectivity index (χ0v) is 11.7. The number of anilines is 1. The van der Waals surface area contributed by atoms with Crippen LogP contribution in [0.3, 0.4) is 0 Å². The average molecular weight is 279 g/mol. The van der Waals surface area contributed by atoms with Crippen LogP contribution < -0.4 is 11.3 Å². The SMILES string of the molecule is CN1CCCN(Cc2ccc(NN)c([N+](=O)[O-])c2)CC1. The molecule has 0 aliphatic carbocycles. The molecule has 0 aromatic heterocycles. The molecule has 0 amide bonds. The normalized spacial score (nSPS) is 17.7. The summed E-state index contributed by atoms with van der Waals surface area (Å²) in [6.07, 6.45) is 1.13. The second-order valence-corrected chi connectivity index (χ2v) is 5.19. The monoisotopic (exact) mass is 279 g/mol. The van der Waals surface area contributed by atoms with Crippen LogP contribution in [0.2, 0.25) is 0 Å². The van der Waals surface area contributed by atoms with Gasteiger partial charge in [0.25, 0.3) is 5.69 Å². The van der Waals surface area contributed by atoms with Gasteiger partial charge in [-0.3, -0.25) is 20.9 Å². The number of benzene rings is 1. The predicted molar refractivity (Wildman–Crippen MR) is 78.3 cm³/mol. The van der Waals surface area contributed by atoms with E-state index in [4.69, 9.17) is 5.84 Å². The Morgan fingerprint density at radius 1 is 1.35 bits per heavy atom. The predicted octanol–water partition coefficient (Wildman–Crippen LogP) is 1.02. The first-order valence-corrected chi connectivity index (χ1v) is 6.75. The Morgan fingerprint density at radius 2 is 2.15 bits per heavy atom. The van der Waals surface area contributed by atoms with Gasteiger partial charge >= 0.3 is 0 Å². The molecule has 0 bridgehead atoms. The summed E-state index contributed by atoms with van der Waals surface area (Å²) >= 11 is 0. The molecule has 0 radical (unpaired) electrons. The molecule has 1 heterocycles. The van der Waals surface area contributed by atoms with Crippen LogP contribution in [-0.4, -0.2) is 47.9 Å². The van der Waals surface area contributed by atoms with Crippen molar-refractivity contribution < 1.29 is 4.92 Å². The lowest BCUT2D eigenvalue weighted by molar-refractivity contribution is -0.384. The lowest BCUT2D eigenvalue weighted by Gasteiger charge is -2.20. The second-order valence-electron chi connectivity index (χ2n) is 5.19. The summed E-state index contributed by atoms with van der Waals surface area (Å²) in [4.78, 5) is 15.2. The zero-order chi connectivity index (χ0) is 14.5. The van der Waals surface area contributed by atoms with Crippen LogP contribution in [0.1, 0.15) is 12.0 Å². The summed E-state index contributed by atoms with van der Waals surface area (Å²) < 4.78 is 0. The standard InChI is InChI=1S/C13H21N5O2/c1-16-5-2-6-17(8-7-16)10-11-3-4-12(15-14)13(9-11)18(19)20/h3-4,9,15H,2,5-8,10,14H2,1H3. The number of nitro benzene ring substituents is 1. The van der Waals surface area contributed by atoms with E-state index in [0.29, 0.717) is 5.69 Å². The van der Waals surface area contributed by atoms with Crippen LogP contribution in [-0.2, 0) is 6.54 Å². The highest BCUT2D eigenvalue weighted by Crippen LogP contribution is 2.25. The third-order valence-electron chi connectivity index (χ3n) is 3.63. The first-order valence-electron chi connectivity index (χ1n) is 6.75. The molecule has 1 aromatic rings. The Kier molecular flexibility index (Phi) is 4.89. The topological polar surface area (TPSA) is 87.7 Å². The van der Waals surface area contributed by atoms with Crippen LogP contribution in [0, 0.1) is 10.1 Å². The Balaban J connectivity index is 2.09. The number of nitrogens with two attached hydrogens (primary N) is 1. The maximum Gasteiger partial charge on any atom is 0.293 e. The van der Waals surface area contributed by atoms with Gasteiger partial charge in [0.15, 0.2) is 0 Å². The van der Waals surface area contributed by atoms with Gasteiger partial charge in [0.1, 0.15) is 5.69 Å². The Morgan fingerprint density at radius 3 is 2.85 bits per heavy atom. The molecular formula is C13H21N5O2. The molecule has 110 valence electrons. The van der Waals surface area contributed by atoms with Crippen molar-refractivity contribution >= 4 is 11.4 Å². The van der Waals surface area contributed by atoms with Gasteiger partial charge < -0.3 is 10.3 Å². The second kappa shape index (κ2) is 6.65. The van der Waals surface area contributed by atoms with E-state index in [2.05, 4.69) is 22.3 Å². The highest BCUT2D eigenvalue weighted by Gasteiger charge is 2.16. The fraction of sp³-hybridized carbons (Fsp3) is 0.538. The van der Waals surface area contributed by atoms with Crippen LogP contribution >= 0.6 is 0 Å². The van der Waals surface area contributed by atoms with E-state index >= 15 is 0 Å². The van der Waals surface area contributed by atoms with Crippen molar-refractivity contribution in [3.05, 3.63) is 33.9 Å². The zero-order valence-electron chi connectivity index (χ0n) is 11.7.